The quantitative estimate of drug-likeness (QED) is 0.790. The van der Waals surface area contributed by atoms with Crippen LogP contribution in [-0.4, -0.2) is 17.0 Å². The maximum Gasteiger partial charge on any atom is 0.175 e. The minimum Gasteiger partial charge on any atom is -0.365 e. The standard InChI is InChI=1S/C14H18O2/c1-14(2)12(10-13(15)16-14)9-8-11-6-4-3-5-7-11/h3-7,10,13,15H,8-9H2,1-2H3. The third-order valence-electron chi connectivity index (χ3n) is 3.06. The van der Waals surface area contributed by atoms with Crippen LogP contribution < -0.4 is 0 Å². The first-order chi connectivity index (χ1) is 7.58. The van der Waals surface area contributed by atoms with E-state index in [1.165, 1.54) is 11.1 Å². The molecular weight excluding hydrogens is 200 g/mol. The van der Waals surface area contributed by atoms with Gasteiger partial charge in [-0.2, -0.15) is 0 Å². The van der Waals surface area contributed by atoms with Gasteiger partial charge in [0.2, 0.25) is 0 Å². The lowest BCUT2D eigenvalue weighted by Gasteiger charge is -2.22. The molecule has 0 radical (unpaired) electrons. The molecule has 0 bridgehead atoms. The summed E-state index contributed by atoms with van der Waals surface area (Å²) in [4.78, 5) is 0. The molecule has 2 rings (SSSR count). The van der Waals surface area contributed by atoms with Crippen LogP contribution in [0.3, 0.4) is 0 Å². The summed E-state index contributed by atoms with van der Waals surface area (Å²) in [5.74, 6) is 0. The molecule has 1 N–H and O–H groups in total. The van der Waals surface area contributed by atoms with Crippen molar-refractivity contribution in [3.63, 3.8) is 0 Å². The van der Waals surface area contributed by atoms with E-state index in [2.05, 4.69) is 24.3 Å². The van der Waals surface area contributed by atoms with E-state index in [0.29, 0.717) is 0 Å². The molecular formula is C14H18O2. The van der Waals surface area contributed by atoms with Crippen molar-refractivity contribution in [2.45, 2.75) is 38.6 Å². The van der Waals surface area contributed by atoms with E-state index in [0.717, 1.165) is 12.8 Å². The smallest absolute Gasteiger partial charge is 0.175 e. The maximum absolute atomic E-state index is 9.43. The zero-order valence-electron chi connectivity index (χ0n) is 9.81. The Kier molecular flexibility index (Phi) is 3.13. The molecule has 1 unspecified atom stereocenters. The van der Waals surface area contributed by atoms with Gasteiger partial charge in [-0.25, -0.2) is 0 Å². The Morgan fingerprint density at radius 2 is 1.88 bits per heavy atom. The van der Waals surface area contributed by atoms with E-state index in [9.17, 15) is 5.11 Å². The van der Waals surface area contributed by atoms with Crippen molar-refractivity contribution in [2.24, 2.45) is 0 Å². The van der Waals surface area contributed by atoms with Crippen LogP contribution >= 0.6 is 0 Å². The van der Waals surface area contributed by atoms with Crippen LogP contribution in [0.4, 0.5) is 0 Å². The zero-order chi connectivity index (χ0) is 11.6. The summed E-state index contributed by atoms with van der Waals surface area (Å²) in [6.45, 7) is 4.00. The number of rotatable bonds is 3. The molecule has 16 heavy (non-hydrogen) atoms. The highest BCUT2D eigenvalue weighted by atomic mass is 16.6. The first-order valence-electron chi connectivity index (χ1n) is 5.69. The van der Waals surface area contributed by atoms with Crippen molar-refractivity contribution in [2.75, 3.05) is 0 Å². The Labute approximate surface area is 96.6 Å². The van der Waals surface area contributed by atoms with Crippen molar-refractivity contribution < 1.29 is 9.84 Å². The van der Waals surface area contributed by atoms with Gasteiger partial charge in [0, 0.05) is 0 Å². The van der Waals surface area contributed by atoms with Crippen molar-refractivity contribution in [1.82, 2.24) is 0 Å². The predicted octanol–water partition coefficient (Wildman–Crippen LogP) is 2.67. The molecule has 1 atom stereocenters. The van der Waals surface area contributed by atoms with Crippen LogP contribution in [0.25, 0.3) is 0 Å². The van der Waals surface area contributed by atoms with Gasteiger partial charge in [-0.05, 0) is 43.9 Å². The largest absolute Gasteiger partial charge is 0.365 e. The van der Waals surface area contributed by atoms with E-state index in [4.69, 9.17) is 4.74 Å². The van der Waals surface area contributed by atoms with Crippen LogP contribution in [0.2, 0.25) is 0 Å². The molecule has 0 amide bonds. The van der Waals surface area contributed by atoms with Crippen molar-refractivity contribution in [3.8, 4) is 0 Å². The summed E-state index contributed by atoms with van der Waals surface area (Å²) in [5.41, 5.74) is 2.18. The Hall–Kier alpha value is -1.12. The molecule has 0 saturated heterocycles. The molecule has 2 heteroatoms. The molecule has 1 aliphatic heterocycles. The number of ether oxygens (including phenoxy) is 1. The van der Waals surface area contributed by atoms with Crippen LogP contribution in [0.1, 0.15) is 25.8 Å². The van der Waals surface area contributed by atoms with Crippen LogP contribution in [-0.2, 0) is 11.2 Å². The van der Waals surface area contributed by atoms with Gasteiger partial charge in [0.15, 0.2) is 6.29 Å². The highest BCUT2D eigenvalue weighted by Crippen LogP contribution is 2.32. The summed E-state index contributed by atoms with van der Waals surface area (Å²) in [6.07, 6.45) is 3.02. The second kappa shape index (κ2) is 4.40. The number of aliphatic hydroxyl groups excluding tert-OH is 1. The van der Waals surface area contributed by atoms with E-state index < -0.39 is 6.29 Å². The molecule has 1 heterocycles. The van der Waals surface area contributed by atoms with Gasteiger partial charge >= 0.3 is 0 Å². The fraction of sp³-hybridized carbons (Fsp3) is 0.429. The first kappa shape index (κ1) is 11.4. The summed E-state index contributed by atoms with van der Waals surface area (Å²) in [5, 5.41) is 9.43. The lowest BCUT2D eigenvalue weighted by Crippen LogP contribution is -2.24. The molecule has 0 saturated carbocycles. The first-order valence-corrected chi connectivity index (χ1v) is 5.69. The third kappa shape index (κ3) is 2.52. The zero-order valence-corrected chi connectivity index (χ0v) is 9.81. The molecule has 2 nitrogen and oxygen atoms in total. The molecule has 1 aliphatic rings. The molecule has 0 fully saturated rings. The van der Waals surface area contributed by atoms with Gasteiger partial charge in [-0.1, -0.05) is 30.3 Å². The highest BCUT2D eigenvalue weighted by Gasteiger charge is 2.32. The fourth-order valence-corrected chi connectivity index (χ4v) is 2.09. The SMILES string of the molecule is CC1(C)OC(O)C=C1CCc1ccccc1. The van der Waals surface area contributed by atoms with Crippen molar-refractivity contribution >= 4 is 0 Å². The molecule has 0 aromatic heterocycles. The summed E-state index contributed by atoms with van der Waals surface area (Å²) in [6, 6.07) is 10.4. The Balaban J connectivity index is 1.99. The number of benzene rings is 1. The topological polar surface area (TPSA) is 29.5 Å². The van der Waals surface area contributed by atoms with Crippen molar-refractivity contribution in [1.29, 1.82) is 0 Å². The normalized spacial score (nSPS) is 23.2. The summed E-state index contributed by atoms with van der Waals surface area (Å²) >= 11 is 0. The van der Waals surface area contributed by atoms with Crippen LogP contribution in [0.5, 0.6) is 0 Å². The second-order valence-corrected chi connectivity index (χ2v) is 4.70. The molecule has 1 aromatic carbocycles. The van der Waals surface area contributed by atoms with Gasteiger partial charge in [0.25, 0.3) is 0 Å². The number of aryl methyl sites for hydroxylation is 1. The van der Waals surface area contributed by atoms with Crippen molar-refractivity contribution in [3.05, 3.63) is 47.5 Å². The Morgan fingerprint density at radius 3 is 2.44 bits per heavy atom. The molecule has 0 spiro atoms. The number of hydrogen-bond donors (Lipinski definition) is 1. The third-order valence-corrected chi connectivity index (χ3v) is 3.06. The van der Waals surface area contributed by atoms with Gasteiger partial charge < -0.3 is 9.84 Å². The monoisotopic (exact) mass is 218 g/mol. The second-order valence-electron chi connectivity index (χ2n) is 4.70. The van der Waals surface area contributed by atoms with Gasteiger partial charge in [-0.15, -0.1) is 0 Å². The molecule has 86 valence electrons. The van der Waals surface area contributed by atoms with Gasteiger partial charge in [0.05, 0.1) is 5.60 Å². The van der Waals surface area contributed by atoms with E-state index >= 15 is 0 Å². The summed E-state index contributed by atoms with van der Waals surface area (Å²) < 4.78 is 5.41. The van der Waals surface area contributed by atoms with E-state index in [1.807, 2.05) is 26.0 Å². The lowest BCUT2D eigenvalue weighted by molar-refractivity contribution is -0.111. The Bertz CT molecular complexity index is 379. The predicted molar refractivity (Wildman–Crippen MR) is 64.0 cm³/mol. The number of hydrogen-bond acceptors (Lipinski definition) is 2. The minimum absolute atomic E-state index is 0.325. The molecule has 0 aliphatic carbocycles. The van der Waals surface area contributed by atoms with Gasteiger partial charge in [-0.3, -0.25) is 0 Å². The lowest BCUT2D eigenvalue weighted by atomic mass is 9.93. The van der Waals surface area contributed by atoms with Crippen LogP contribution in [0, 0.1) is 0 Å². The highest BCUT2D eigenvalue weighted by molar-refractivity contribution is 5.23. The van der Waals surface area contributed by atoms with E-state index in [-0.39, 0.29) is 5.60 Å². The van der Waals surface area contributed by atoms with E-state index in [1.54, 1.807) is 0 Å². The minimum atomic E-state index is -0.735. The molecule has 1 aromatic rings. The Morgan fingerprint density at radius 1 is 1.19 bits per heavy atom. The van der Waals surface area contributed by atoms with Crippen LogP contribution in [0.15, 0.2) is 42.0 Å². The maximum atomic E-state index is 9.43. The number of aliphatic hydroxyl groups is 1. The summed E-state index contributed by atoms with van der Waals surface area (Å²) in [7, 11) is 0. The average molecular weight is 218 g/mol. The average Bonchev–Trinajstić information content (AvgIpc) is 2.50. The van der Waals surface area contributed by atoms with Gasteiger partial charge in [0.1, 0.15) is 0 Å². The fourth-order valence-electron chi connectivity index (χ4n) is 2.09.